The van der Waals surface area contributed by atoms with Crippen molar-refractivity contribution in [3.63, 3.8) is 0 Å². The number of ether oxygens (including phenoxy) is 2. The maximum Gasteiger partial charge on any atom is 0.169 e. The van der Waals surface area contributed by atoms with E-state index in [0.29, 0.717) is 26.4 Å². The lowest BCUT2D eigenvalue weighted by atomic mass is 10.2. The molecule has 1 aromatic carbocycles. The highest BCUT2D eigenvalue weighted by Crippen LogP contribution is 2.17. The first-order valence-corrected chi connectivity index (χ1v) is 7.21. The third-order valence-electron chi connectivity index (χ3n) is 2.72. The lowest BCUT2D eigenvalue weighted by Crippen LogP contribution is -2.02. The number of halogens is 1. The van der Waals surface area contributed by atoms with Crippen molar-refractivity contribution in [3.05, 3.63) is 52.4 Å². The summed E-state index contributed by atoms with van der Waals surface area (Å²) in [5.74, 6) is 0.888. The second kappa shape index (κ2) is 8.09. The van der Waals surface area contributed by atoms with E-state index < -0.39 is 0 Å². The number of furan rings is 1. The summed E-state index contributed by atoms with van der Waals surface area (Å²) in [7, 11) is 1.67. The Morgan fingerprint density at radius 2 is 2.10 bits per heavy atom. The minimum absolute atomic E-state index is 0.588. The van der Waals surface area contributed by atoms with Gasteiger partial charge in [0.25, 0.3) is 0 Å². The fourth-order valence-corrected chi connectivity index (χ4v) is 2.08. The summed E-state index contributed by atoms with van der Waals surface area (Å²) >= 11 is 3.29. The Labute approximate surface area is 127 Å². The van der Waals surface area contributed by atoms with Crippen LogP contribution in [0.25, 0.3) is 0 Å². The quantitative estimate of drug-likeness (QED) is 0.742. The van der Waals surface area contributed by atoms with Gasteiger partial charge in [0.05, 0.1) is 26.4 Å². The van der Waals surface area contributed by atoms with Crippen LogP contribution in [0.3, 0.4) is 0 Å². The fraction of sp³-hybridized carbons (Fsp3) is 0.333. The molecule has 1 aromatic heterocycles. The average Bonchev–Trinajstić information content (AvgIpc) is 2.88. The Balaban J connectivity index is 1.82. The van der Waals surface area contributed by atoms with Crippen LogP contribution in [0.1, 0.15) is 11.3 Å². The number of hydrogen-bond acceptors (Lipinski definition) is 4. The molecule has 0 fully saturated rings. The molecule has 0 unspecified atom stereocenters. The Morgan fingerprint density at radius 3 is 2.85 bits per heavy atom. The van der Waals surface area contributed by atoms with Crippen molar-refractivity contribution in [1.29, 1.82) is 0 Å². The summed E-state index contributed by atoms with van der Waals surface area (Å²) in [6.07, 6.45) is 0. The zero-order valence-electron chi connectivity index (χ0n) is 11.4. The molecule has 0 aliphatic heterocycles. The molecule has 0 amide bonds. The van der Waals surface area contributed by atoms with E-state index >= 15 is 0 Å². The van der Waals surface area contributed by atoms with Crippen molar-refractivity contribution >= 4 is 21.6 Å². The zero-order valence-corrected chi connectivity index (χ0v) is 13.0. The summed E-state index contributed by atoms with van der Waals surface area (Å²) in [5.41, 5.74) is 2.18. The number of rotatable bonds is 8. The maximum absolute atomic E-state index is 5.50. The molecule has 1 heterocycles. The third-order valence-corrected chi connectivity index (χ3v) is 3.15. The largest absolute Gasteiger partial charge is 0.452 e. The van der Waals surface area contributed by atoms with E-state index in [1.54, 1.807) is 7.11 Å². The molecule has 0 atom stereocenters. The van der Waals surface area contributed by atoms with E-state index in [1.807, 2.05) is 30.3 Å². The molecule has 0 aliphatic carbocycles. The molecule has 0 spiro atoms. The molecule has 20 heavy (non-hydrogen) atoms. The van der Waals surface area contributed by atoms with E-state index in [-0.39, 0.29) is 0 Å². The van der Waals surface area contributed by atoms with E-state index in [4.69, 9.17) is 13.9 Å². The maximum atomic E-state index is 5.50. The van der Waals surface area contributed by atoms with Gasteiger partial charge >= 0.3 is 0 Å². The Hall–Kier alpha value is -1.30. The molecule has 4 nitrogen and oxygen atoms in total. The molecule has 2 aromatic rings. The van der Waals surface area contributed by atoms with Crippen LogP contribution in [0.15, 0.2) is 45.5 Å². The molecule has 0 saturated heterocycles. The van der Waals surface area contributed by atoms with Crippen LogP contribution < -0.4 is 5.32 Å². The van der Waals surface area contributed by atoms with E-state index in [2.05, 4.69) is 27.3 Å². The van der Waals surface area contributed by atoms with Gasteiger partial charge in [0.2, 0.25) is 0 Å². The summed E-state index contributed by atoms with van der Waals surface area (Å²) in [5, 5.41) is 3.32. The van der Waals surface area contributed by atoms with Gasteiger partial charge in [0, 0.05) is 12.8 Å². The van der Waals surface area contributed by atoms with Gasteiger partial charge < -0.3 is 19.2 Å². The minimum atomic E-state index is 0.588. The van der Waals surface area contributed by atoms with Gasteiger partial charge in [-0.05, 0) is 45.8 Å². The van der Waals surface area contributed by atoms with E-state index in [9.17, 15) is 0 Å². The predicted molar refractivity (Wildman–Crippen MR) is 81.7 cm³/mol. The second-order valence-corrected chi connectivity index (χ2v) is 5.09. The standard InChI is InChI=1S/C15H18BrNO3/c1-18-7-8-19-11-12-3-2-4-13(9-12)17-10-14-5-6-15(16)20-14/h2-6,9,17H,7-8,10-11H2,1H3. The SMILES string of the molecule is COCCOCc1cccc(NCc2ccc(Br)o2)c1. The molecule has 0 bridgehead atoms. The Bertz CT molecular complexity index is 527. The summed E-state index contributed by atoms with van der Waals surface area (Å²) in [4.78, 5) is 0. The Kier molecular flexibility index (Phi) is 6.11. The second-order valence-electron chi connectivity index (χ2n) is 4.31. The molecule has 0 saturated carbocycles. The van der Waals surface area contributed by atoms with Crippen LogP contribution in [-0.4, -0.2) is 20.3 Å². The number of benzene rings is 1. The van der Waals surface area contributed by atoms with Crippen LogP contribution >= 0.6 is 15.9 Å². The molecule has 1 N–H and O–H groups in total. The predicted octanol–water partition coefficient (Wildman–Crippen LogP) is 3.82. The van der Waals surface area contributed by atoms with Crippen molar-refractivity contribution in [3.8, 4) is 0 Å². The number of nitrogens with one attached hydrogen (secondary N) is 1. The first kappa shape index (κ1) is 15.1. The van der Waals surface area contributed by atoms with Crippen LogP contribution in [0.4, 0.5) is 5.69 Å². The van der Waals surface area contributed by atoms with Gasteiger partial charge in [-0.3, -0.25) is 0 Å². The highest BCUT2D eigenvalue weighted by molar-refractivity contribution is 9.10. The number of hydrogen-bond donors (Lipinski definition) is 1. The van der Waals surface area contributed by atoms with Crippen molar-refractivity contribution < 1.29 is 13.9 Å². The van der Waals surface area contributed by atoms with Gasteiger partial charge in [0.1, 0.15) is 5.76 Å². The van der Waals surface area contributed by atoms with Gasteiger partial charge in [0.15, 0.2) is 4.67 Å². The third kappa shape index (κ3) is 5.00. The van der Waals surface area contributed by atoms with Crippen LogP contribution in [0, 0.1) is 0 Å². The number of anilines is 1. The van der Waals surface area contributed by atoms with Crippen molar-refractivity contribution in [1.82, 2.24) is 0 Å². The van der Waals surface area contributed by atoms with Gasteiger partial charge in [-0.1, -0.05) is 12.1 Å². The summed E-state index contributed by atoms with van der Waals surface area (Å²) < 4.78 is 16.6. The smallest absolute Gasteiger partial charge is 0.169 e. The van der Waals surface area contributed by atoms with E-state index in [0.717, 1.165) is 21.7 Å². The van der Waals surface area contributed by atoms with E-state index in [1.165, 1.54) is 0 Å². The van der Waals surface area contributed by atoms with Gasteiger partial charge in [-0.15, -0.1) is 0 Å². The lowest BCUT2D eigenvalue weighted by molar-refractivity contribution is 0.0617. The highest BCUT2D eigenvalue weighted by atomic mass is 79.9. The van der Waals surface area contributed by atoms with Crippen LogP contribution in [0.5, 0.6) is 0 Å². The topological polar surface area (TPSA) is 43.6 Å². The molecule has 0 aliphatic rings. The van der Waals surface area contributed by atoms with Crippen molar-refractivity contribution in [2.24, 2.45) is 0 Å². The monoisotopic (exact) mass is 339 g/mol. The summed E-state index contributed by atoms with van der Waals surface area (Å²) in [6.45, 7) is 2.46. The first-order chi connectivity index (χ1) is 9.78. The Morgan fingerprint density at radius 1 is 1.20 bits per heavy atom. The van der Waals surface area contributed by atoms with Crippen molar-refractivity contribution in [2.75, 3.05) is 25.6 Å². The molecule has 2 rings (SSSR count). The number of methoxy groups -OCH3 is 1. The van der Waals surface area contributed by atoms with Crippen molar-refractivity contribution in [2.45, 2.75) is 13.2 Å². The zero-order chi connectivity index (χ0) is 14.2. The molecule has 5 heteroatoms. The summed E-state index contributed by atoms with van der Waals surface area (Å²) in [6, 6.07) is 12.0. The molecule has 0 radical (unpaired) electrons. The minimum Gasteiger partial charge on any atom is -0.452 e. The van der Waals surface area contributed by atoms with Gasteiger partial charge in [-0.2, -0.15) is 0 Å². The normalized spacial score (nSPS) is 10.7. The van der Waals surface area contributed by atoms with Gasteiger partial charge in [-0.25, -0.2) is 0 Å². The molecule has 108 valence electrons. The molecular formula is C15H18BrNO3. The highest BCUT2D eigenvalue weighted by Gasteiger charge is 2.00. The van der Waals surface area contributed by atoms with Crippen LogP contribution in [0.2, 0.25) is 0 Å². The van der Waals surface area contributed by atoms with Crippen LogP contribution in [-0.2, 0) is 22.6 Å². The average molecular weight is 340 g/mol. The molecular weight excluding hydrogens is 322 g/mol. The first-order valence-electron chi connectivity index (χ1n) is 6.41. The lowest BCUT2D eigenvalue weighted by Gasteiger charge is -2.08. The fourth-order valence-electron chi connectivity index (χ4n) is 1.74.